The van der Waals surface area contributed by atoms with Crippen LogP contribution in [0, 0.1) is 5.92 Å². The monoisotopic (exact) mass is 378 g/mol. The van der Waals surface area contributed by atoms with Crippen LogP contribution >= 0.6 is 32.4 Å². The van der Waals surface area contributed by atoms with E-state index in [1.54, 1.807) is 26.1 Å². The van der Waals surface area contributed by atoms with E-state index in [9.17, 15) is 0 Å². The van der Waals surface area contributed by atoms with E-state index in [0.717, 1.165) is 0 Å². The Morgan fingerprint density at radius 3 is 2.68 bits per heavy atom. The zero-order valence-electron chi connectivity index (χ0n) is 11.3. The minimum absolute atomic E-state index is 0.0854. The first kappa shape index (κ1) is 20.1. The van der Waals surface area contributed by atoms with Gasteiger partial charge in [0.25, 0.3) is 0 Å². The first-order valence-electron chi connectivity index (χ1n) is 5.99. The molecule has 0 heterocycles. The molecule has 0 aliphatic heterocycles. The Labute approximate surface area is 137 Å². The van der Waals surface area contributed by atoms with Crippen LogP contribution in [0.1, 0.15) is 20.3 Å². The van der Waals surface area contributed by atoms with E-state index in [1.807, 2.05) is 6.92 Å². The molecule has 11 heteroatoms. The average molecular weight is 377 g/mol. The van der Waals surface area contributed by atoms with Crippen molar-refractivity contribution in [3.63, 3.8) is 0 Å². The van der Waals surface area contributed by atoms with Crippen molar-refractivity contribution >= 4 is 79.5 Å². The van der Waals surface area contributed by atoms with E-state index >= 15 is 0 Å². The van der Waals surface area contributed by atoms with Crippen LogP contribution in [0.4, 0.5) is 0 Å². The molecule has 0 aromatic rings. The molecule has 92 valence electrons. The molecule has 0 aliphatic carbocycles. The summed E-state index contributed by atoms with van der Waals surface area (Å²) in [5, 5.41) is 9.09. The van der Waals surface area contributed by atoms with Crippen LogP contribution in [0.2, 0.25) is 0 Å². The molecule has 0 amide bonds. The van der Waals surface area contributed by atoms with Gasteiger partial charge in [0, 0.05) is 0 Å². The van der Waals surface area contributed by atoms with Gasteiger partial charge in [-0.25, -0.2) is 0 Å². The van der Waals surface area contributed by atoms with Crippen molar-refractivity contribution < 1.29 is 9.29 Å². The zero-order valence-corrected chi connectivity index (χ0v) is 14.3. The third-order valence-electron chi connectivity index (χ3n) is 2.27. The summed E-state index contributed by atoms with van der Waals surface area (Å²) in [6, 6.07) is 1.78. The van der Waals surface area contributed by atoms with Crippen molar-refractivity contribution in [2.45, 2.75) is 26.4 Å². The summed E-state index contributed by atoms with van der Waals surface area (Å²) in [6.45, 7) is 16.8. The predicted octanol–water partition coefficient (Wildman–Crippen LogP) is 0.176. The van der Waals surface area contributed by atoms with Gasteiger partial charge in [0.05, 0.1) is 0 Å². The van der Waals surface area contributed by atoms with Crippen molar-refractivity contribution in [3.8, 4) is 0 Å². The van der Waals surface area contributed by atoms with E-state index in [4.69, 9.17) is 23.6 Å². The Morgan fingerprint density at radius 2 is 2.16 bits per heavy atom. The van der Waals surface area contributed by atoms with Crippen molar-refractivity contribution in [2.75, 3.05) is 6.61 Å². The average Bonchev–Trinajstić information content (AvgIpc) is 2.33. The fourth-order valence-corrected chi connectivity index (χ4v) is 2.86. The van der Waals surface area contributed by atoms with E-state index in [0.29, 0.717) is 6.42 Å². The van der Waals surface area contributed by atoms with Crippen LogP contribution < -0.4 is 0 Å². The van der Waals surface area contributed by atoms with Crippen molar-refractivity contribution in [1.82, 2.24) is 0 Å². The molecule has 19 heavy (non-hydrogen) atoms. The molecule has 0 aliphatic rings. The molecule has 2 nitrogen and oxygen atoms in total. The number of aliphatic hydroxyl groups excluding tert-OH is 1. The maximum absolute atomic E-state index is 9.09. The Morgan fingerprint density at radius 1 is 1.47 bits per heavy atom. The maximum atomic E-state index is 9.09. The fourth-order valence-electron chi connectivity index (χ4n) is 1.42. The van der Waals surface area contributed by atoms with E-state index in [1.165, 1.54) is 10.3 Å². The normalized spacial score (nSPS) is 15.3. The molecule has 0 saturated carbocycles. The molecule has 0 saturated heterocycles. The minimum atomic E-state index is -0.770. The Balaban J connectivity index is 4.67. The Kier molecular flexibility index (Phi) is 13.5. The summed E-state index contributed by atoms with van der Waals surface area (Å²) >= 11 is 2.26. The molecule has 0 aromatic heterocycles. The number of rotatable bonds is 7. The first-order chi connectivity index (χ1) is 9.01. The van der Waals surface area contributed by atoms with E-state index in [2.05, 4.69) is 35.6 Å². The fraction of sp³-hybridized carbons (Fsp3) is 0.750. The molecule has 0 bridgehead atoms. The van der Waals surface area contributed by atoms with Gasteiger partial charge < -0.3 is 0 Å². The van der Waals surface area contributed by atoms with E-state index in [-0.39, 0.29) is 18.6 Å². The van der Waals surface area contributed by atoms with Crippen molar-refractivity contribution in [3.05, 3.63) is 9.66 Å². The van der Waals surface area contributed by atoms with Gasteiger partial charge in [-0.3, -0.25) is 0 Å². The van der Waals surface area contributed by atoms with Crippen LogP contribution in [0.25, 0.3) is 0 Å². The standard InChI is InChI=1S/C8H14B7IO2S/c1-6(5-7(2)16)8(3-4-17)18-19(10)15-14-13-12-11-9/h5-6,8,17H,3-4H2,1-2H3/b7-5+/t6-,8-/m0/s1. The summed E-state index contributed by atoms with van der Waals surface area (Å²) in [6.07, 6.45) is 2.60. The van der Waals surface area contributed by atoms with Gasteiger partial charge in [-0.15, -0.1) is 0 Å². The molecule has 1 N–H and O–H groups in total. The number of allylic oxidation sites excluding steroid dienone is 1. The van der Waals surface area contributed by atoms with Gasteiger partial charge in [-0.2, -0.15) is 0 Å². The zero-order chi connectivity index (χ0) is 14.7. The summed E-state index contributed by atoms with van der Waals surface area (Å²) in [4.78, 5) is 0. The van der Waals surface area contributed by atoms with Gasteiger partial charge in [0.15, 0.2) is 0 Å². The number of halogens is 1. The van der Waals surface area contributed by atoms with Gasteiger partial charge in [-0.1, -0.05) is 0 Å². The number of hydrogen-bond donors (Lipinski definition) is 1. The van der Waals surface area contributed by atoms with Gasteiger partial charge in [0.1, 0.15) is 0 Å². The second-order valence-corrected chi connectivity index (χ2v) is 6.82. The quantitative estimate of drug-likeness (QED) is 0.507. The SMILES string of the molecule is [B]B=BB=BB=S(#B)O[C@@H](CCO)[C@@H](C)/C=C(\C)I. The Hall–Kier alpha value is 1.06. The van der Waals surface area contributed by atoms with Crippen LogP contribution in [-0.2, 0) is 4.18 Å². The van der Waals surface area contributed by atoms with Crippen LogP contribution in [0.15, 0.2) is 9.66 Å². The topological polar surface area (TPSA) is 29.5 Å². The van der Waals surface area contributed by atoms with Crippen molar-refractivity contribution in [1.29, 1.82) is 0 Å². The number of hydrogen-bond acceptors (Lipinski definition) is 2. The molecular formula is C8H14B7IO2S. The van der Waals surface area contributed by atoms with Crippen molar-refractivity contribution in [2.24, 2.45) is 5.92 Å². The van der Waals surface area contributed by atoms with Gasteiger partial charge >= 0.3 is 137 Å². The van der Waals surface area contributed by atoms with E-state index < -0.39 is 9.84 Å². The second kappa shape index (κ2) is 12.8. The van der Waals surface area contributed by atoms with Gasteiger partial charge in [-0.05, 0) is 0 Å². The van der Waals surface area contributed by atoms with Gasteiger partial charge in [0.2, 0.25) is 0 Å². The molecule has 2 radical (unpaired) electrons. The molecule has 0 spiro atoms. The molecule has 0 fully saturated rings. The summed E-state index contributed by atoms with van der Waals surface area (Å²) in [5.41, 5.74) is 0. The second-order valence-electron chi connectivity index (χ2n) is 3.99. The molecular weight excluding hydrogens is 363 g/mol. The van der Waals surface area contributed by atoms with Crippen LogP contribution in [-0.4, -0.2) is 64.9 Å². The summed E-state index contributed by atoms with van der Waals surface area (Å²) < 4.78 is 6.97. The molecule has 0 rings (SSSR count). The molecule has 0 aromatic carbocycles. The third-order valence-corrected chi connectivity index (χ3v) is 3.53. The third kappa shape index (κ3) is 11.4. The van der Waals surface area contributed by atoms with Crippen LogP contribution in [0.3, 0.4) is 0 Å². The molecule has 0 unspecified atom stereocenters. The van der Waals surface area contributed by atoms with Crippen LogP contribution in [0.5, 0.6) is 0 Å². The Bertz CT molecular complexity index is 468. The first-order valence-corrected chi connectivity index (χ1v) is 8.34. The number of aliphatic hydroxyl groups is 1. The predicted molar refractivity (Wildman–Crippen MR) is 101 cm³/mol. The summed E-state index contributed by atoms with van der Waals surface area (Å²) in [5.74, 6) is 0.212. The molecule has 2 atom stereocenters. The summed E-state index contributed by atoms with van der Waals surface area (Å²) in [7, 11) is 4.44.